The van der Waals surface area contributed by atoms with Gasteiger partial charge in [-0.05, 0) is 50.6 Å². The Morgan fingerprint density at radius 2 is 1.79 bits per heavy atom. The molecule has 1 amide bonds. The molecule has 0 saturated heterocycles. The summed E-state index contributed by atoms with van der Waals surface area (Å²) in [5, 5.41) is 12.4. The molecule has 168 valence electrons. The quantitative estimate of drug-likeness (QED) is 0.300. The maximum absolute atomic E-state index is 12.8. The van der Waals surface area contributed by atoms with Crippen LogP contribution in [-0.4, -0.2) is 30.0 Å². The molecule has 0 radical (unpaired) electrons. The van der Waals surface area contributed by atoms with Gasteiger partial charge in [0.05, 0.1) is 12.6 Å². The number of hydrogen-bond donors (Lipinski definition) is 1. The standard InChI is InChI=1S/C27H27N3O3/c1-18-13-23(20(3)30(18)19(2)17-33-4)14-24(16-28)27(32)29-25-12-8-11-22(15-25)26(31)21-9-6-5-7-10-21/h5-15,19H,17H2,1-4H3,(H,29,32)/b24-14-. The van der Waals surface area contributed by atoms with Gasteiger partial charge in [-0.3, -0.25) is 9.59 Å². The molecule has 1 heterocycles. The molecule has 0 bridgehead atoms. The van der Waals surface area contributed by atoms with Crippen molar-refractivity contribution in [3.8, 4) is 6.07 Å². The van der Waals surface area contributed by atoms with Gasteiger partial charge in [-0.25, -0.2) is 0 Å². The van der Waals surface area contributed by atoms with Crippen molar-refractivity contribution >= 4 is 23.5 Å². The van der Waals surface area contributed by atoms with E-state index in [1.165, 1.54) is 0 Å². The van der Waals surface area contributed by atoms with E-state index >= 15 is 0 Å². The van der Waals surface area contributed by atoms with Crippen LogP contribution in [-0.2, 0) is 9.53 Å². The number of carbonyl (C=O) groups is 2. The van der Waals surface area contributed by atoms with Crippen molar-refractivity contribution < 1.29 is 14.3 Å². The number of ketones is 1. The SMILES string of the molecule is COCC(C)n1c(C)cc(/C=C(/C#N)C(=O)Nc2cccc(C(=O)c3ccccc3)c2)c1C. The third-order valence-electron chi connectivity index (χ3n) is 5.46. The van der Waals surface area contributed by atoms with Gasteiger partial charge in [0.15, 0.2) is 5.78 Å². The Labute approximate surface area is 194 Å². The molecular formula is C27H27N3O3. The van der Waals surface area contributed by atoms with Gasteiger partial charge in [0.2, 0.25) is 0 Å². The third kappa shape index (κ3) is 5.46. The van der Waals surface area contributed by atoms with E-state index in [9.17, 15) is 14.9 Å². The maximum Gasteiger partial charge on any atom is 0.266 e. The highest BCUT2D eigenvalue weighted by atomic mass is 16.5. The summed E-state index contributed by atoms with van der Waals surface area (Å²) in [5.41, 5.74) is 4.22. The minimum atomic E-state index is -0.531. The van der Waals surface area contributed by atoms with E-state index in [0.29, 0.717) is 23.4 Å². The topological polar surface area (TPSA) is 84.1 Å². The van der Waals surface area contributed by atoms with Gasteiger partial charge in [-0.1, -0.05) is 42.5 Å². The lowest BCUT2D eigenvalue weighted by molar-refractivity contribution is -0.112. The number of benzene rings is 2. The highest BCUT2D eigenvalue weighted by Gasteiger charge is 2.16. The van der Waals surface area contributed by atoms with E-state index < -0.39 is 5.91 Å². The zero-order valence-electron chi connectivity index (χ0n) is 19.3. The molecule has 1 atom stereocenters. The monoisotopic (exact) mass is 441 g/mol. The molecule has 0 fully saturated rings. The highest BCUT2D eigenvalue weighted by Crippen LogP contribution is 2.23. The van der Waals surface area contributed by atoms with Crippen molar-refractivity contribution in [1.29, 1.82) is 5.26 Å². The van der Waals surface area contributed by atoms with Crippen molar-refractivity contribution in [2.45, 2.75) is 26.8 Å². The van der Waals surface area contributed by atoms with Crippen LogP contribution < -0.4 is 5.32 Å². The van der Waals surface area contributed by atoms with Crippen LogP contribution >= 0.6 is 0 Å². The molecule has 0 aliphatic heterocycles. The fourth-order valence-corrected chi connectivity index (χ4v) is 3.94. The average molecular weight is 442 g/mol. The van der Waals surface area contributed by atoms with E-state index in [0.717, 1.165) is 17.0 Å². The van der Waals surface area contributed by atoms with Crippen LogP contribution in [0.15, 0.2) is 66.2 Å². The maximum atomic E-state index is 12.8. The lowest BCUT2D eigenvalue weighted by Crippen LogP contribution is -2.14. The van der Waals surface area contributed by atoms with Crippen LogP contribution in [0, 0.1) is 25.2 Å². The van der Waals surface area contributed by atoms with Crippen LogP contribution in [0.4, 0.5) is 5.69 Å². The summed E-state index contributed by atoms with van der Waals surface area (Å²) < 4.78 is 7.39. The van der Waals surface area contributed by atoms with Crippen LogP contribution in [0.3, 0.4) is 0 Å². The molecule has 6 nitrogen and oxygen atoms in total. The summed E-state index contributed by atoms with van der Waals surface area (Å²) in [5.74, 6) is -0.670. The molecule has 0 aliphatic rings. The first-order chi connectivity index (χ1) is 15.8. The summed E-state index contributed by atoms with van der Waals surface area (Å²) >= 11 is 0. The first kappa shape index (κ1) is 23.7. The minimum Gasteiger partial charge on any atom is -0.383 e. The molecule has 1 N–H and O–H groups in total. The molecule has 1 unspecified atom stereocenters. The van der Waals surface area contributed by atoms with Gasteiger partial charge < -0.3 is 14.6 Å². The van der Waals surface area contributed by atoms with E-state index in [2.05, 4.69) is 16.8 Å². The number of carbonyl (C=O) groups excluding carboxylic acids is 2. The third-order valence-corrected chi connectivity index (χ3v) is 5.46. The minimum absolute atomic E-state index is 0.0190. The van der Waals surface area contributed by atoms with Gasteiger partial charge in [-0.2, -0.15) is 5.26 Å². The number of amides is 1. The van der Waals surface area contributed by atoms with Crippen LogP contribution in [0.1, 0.15) is 45.8 Å². The summed E-state index contributed by atoms with van der Waals surface area (Å²) in [7, 11) is 1.66. The summed E-state index contributed by atoms with van der Waals surface area (Å²) in [6.45, 7) is 6.55. The van der Waals surface area contributed by atoms with Crippen molar-refractivity contribution in [1.82, 2.24) is 4.57 Å². The van der Waals surface area contributed by atoms with Gasteiger partial charge in [0.1, 0.15) is 11.6 Å². The molecule has 0 saturated carbocycles. The lowest BCUT2D eigenvalue weighted by Gasteiger charge is -2.17. The fraction of sp³-hybridized carbons (Fsp3) is 0.222. The van der Waals surface area contributed by atoms with Crippen LogP contribution in [0.25, 0.3) is 6.08 Å². The second kappa shape index (κ2) is 10.6. The molecular weight excluding hydrogens is 414 g/mol. The smallest absolute Gasteiger partial charge is 0.266 e. The summed E-state index contributed by atoms with van der Waals surface area (Å²) in [6, 6.07) is 19.7. The summed E-state index contributed by atoms with van der Waals surface area (Å²) in [6.07, 6.45) is 1.59. The predicted molar refractivity (Wildman–Crippen MR) is 129 cm³/mol. The number of aryl methyl sites for hydroxylation is 1. The zero-order valence-corrected chi connectivity index (χ0v) is 19.3. The number of nitrogens with zero attached hydrogens (tertiary/aromatic N) is 2. The number of rotatable bonds is 8. The van der Waals surface area contributed by atoms with E-state index in [1.54, 1.807) is 61.7 Å². The normalized spacial score (nSPS) is 12.2. The number of nitrogens with one attached hydrogen (secondary N) is 1. The van der Waals surface area contributed by atoms with Crippen molar-refractivity contribution in [3.63, 3.8) is 0 Å². The van der Waals surface area contributed by atoms with Crippen LogP contribution in [0.2, 0.25) is 0 Å². The Hall–Kier alpha value is -3.95. The largest absolute Gasteiger partial charge is 0.383 e. The highest BCUT2D eigenvalue weighted by molar-refractivity contribution is 6.12. The van der Waals surface area contributed by atoms with Gasteiger partial charge in [-0.15, -0.1) is 0 Å². The molecule has 0 aliphatic carbocycles. The Morgan fingerprint density at radius 3 is 2.45 bits per heavy atom. The molecule has 1 aromatic heterocycles. The molecule has 0 spiro atoms. The number of ether oxygens (including phenoxy) is 1. The number of hydrogen-bond acceptors (Lipinski definition) is 4. The Balaban J connectivity index is 1.83. The van der Waals surface area contributed by atoms with E-state index in [1.807, 2.05) is 32.0 Å². The first-order valence-corrected chi connectivity index (χ1v) is 10.7. The summed E-state index contributed by atoms with van der Waals surface area (Å²) in [4.78, 5) is 25.5. The van der Waals surface area contributed by atoms with Crippen molar-refractivity contribution in [2.24, 2.45) is 0 Å². The van der Waals surface area contributed by atoms with Gasteiger partial charge >= 0.3 is 0 Å². The van der Waals surface area contributed by atoms with Crippen molar-refractivity contribution in [2.75, 3.05) is 19.0 Å². The first-order valence-electron chi connectivity index (χ1n) is 10.7. The molecule has 2 aromatic carbocycles. The average Bonchev–Trinajstić information content (AvgIpc) is 3.10. The van der Waals surface area contributed by atoms with E-state index in [4.69, 9.17) is 4.74 Å². The lowest BCUT2D eigenvalue weighted by atomic mass is 10.0. The van der Waals surface area contributed by atoms with E-state index in [-0.39, 0.29) is 17.4 Å². The number of anilines is 1. The van der Waals surface area contributed by atoms with Crippen molar-refractivity contribution in [3.05, 3.63) is 94.3 Å². The zero-order chi connectivity index (χ0) is 24.0. The Kier molecular flexibility index (Phi) is 7.60. The second-order valence-corrected chi connectivity index (χ2v) is 7.90. The second-order valence-electron chi connectivity index (χ2n) is 7.90. The number of aromatic nitrogens is 1. The predicted octanol–water partition coefficient (Wildman–Crippen LogP) is 5.09. The van der Waals surface area contributed by atoms with Gasteiger partial charge in [0.25, 0.3) is 5.91 Å². The fourth-order valence-electron chi connectivity index (χ4n) is 3.94. The Bertz CT molecular complexity index is 1230. The van der Waals surface area contributed by atoms with Gasteiger partial charge in [0, 0.05) is 35.3 Å². The molecule has 3 aromatic rings. The number of methoxy groups -OCH3 is 1. The molecule has 33 heavy (non-hydrogen) atoms. The van der Waals surface area contributed by atoms with Crippen LogP contribution in [0.5, 0.6) is 0 Å². The Morgan fingerprint density at radius 1 is 1.09 bits per heavy atom. The molecule has 6 heteroatoms. The number of nitriles is 1. The molecule has 3 rings (SSSR count).